The van der Waals surface area contributed by atoms with Gasteiger partial charge in [-0.25, -0.2) is 13.8 Å². The van der Waals surface area contributed by atoms with Crippen LogP contribution < -0.4 is 16.0 Å². The van der Waals surface area contributed by atoms with Gasteiger partial charge in [0.15, 0.2) is 5.82 Å². The molecule has 2 heterocycles. The van der Waals surface area contributed by atoms with Crippen LogP contribution in [-0.4, -0.2) is 64.6 Å². The van der Waals surface area contributed by atoms with Gasteiger partial charge in [-0.1, -0.05) is 13.3 Å². The van der Waals surface area contributed by atoms with Gasteiger partial charge < -0.3 is 30.4 Å². The van der Waals surface area contributed by atoms with Crippen molar-refractivity contribution in [1.82, 2.24) is 20.2 Å². The van der Waals surface area contributed by atoms with Crippen molar-refractivity contribution in [2.75, 3.05) is 31.6 Å². The monoisotopic (exact) mass is 533 g/mol. The molecule has 1 aromatic heterocycles. The van der Waals surface area contributed by atoms with E-state index in [1.54, 1.807) is 6.33 Å². The van der Waals surface area contributed by atoms with Crippen LogP contribution in [0.3, 0.4) is 0 Å². The van der Waals surface area contributed by atoms with E-state index in [9.17, 15) is 18.7 Å². The molecule has 1 saturated heterocycles. The van der Waals surface area contributed by atoms with Gasteiger partial charge in [-0.05, 0) is 56.7 Å². The number of rotatable bonds is 11. The summed E-state index contributed by atoms with van der Waals surface area (Å²) in [5.41, 5.74) is 0.162. The third-order valence-electron chi connectivity index (χ3n) is 7.76. The first-order chi connectivity index (χ1) is 18.1. The summed E-state index contributed by atoms with van der Waals surface area (Å²) in [6.07, 6.45) is 7.89. The Labute approximate surface area is 223 Å². The number of nitrogens with zero attached hydrogens (tertiary/aromatic N) is 2. The first-order valence-electron chi connectivity index (χ1n) is 13.7. The molecule has 1 fully saturated rings. The second kappa shape index (κ2) is 12.2. The Hall–Kier alpha value is -2.40. The van der Waals surface area contributed by atoms with Crippen molar-refractivity contribution < 1.29 is 23.4 Å². The lowest BCUT2D eigenvalue weighted by Gasteiger charge is -2.34. The Morgan fingerprint density at radius 1 is 1.32 bits per heavy atom. The van der Waals surface area contributed by atoms with Gasteiger partial charge in [-0.15, -0.1) is 0 Å². The largest absolute Gasteiger partial charge is 0.388 e. The fraction of sp³-hybridized carbons (Fsp3) is 0.643. The highest BCUT2D eigenvalue weighted by Gasteiger charge is 2.31. The van der Waals surface area contributed by atoms with Gasteiger partial charge >= 0.3 is 0 Å². The highest BCUT2D eigenvalue weighted by Crippen LogP contribution is 2.26. The predicted octanol–water partition coefficient (Wildman–Crippen LogP) is 3.28. The van der Waals surface area contributed by atoms with Crippen LogP contribution in [-0.2, 0) is 27.9 Å². The molecule has 1 unspecified atom stereocenters. The molecule has 0 radical (unpaired) electrons. The standard InChI is InChI=1S/C28H41F2N5O3/c1-4-5-24(33-21-7-6-19-12-20(29)13-23(30)22(19)14-21)26(36)34-25-15-35(18-32-25)27(2,3)16-31-17-28(37)8-10-38-11-9-28/h12-13,15,18,21,24,31,33,37H,4-11,14,16-17H2,1-3H3,(H,34,36)/t21?,24-/m0/s1. The van der Waals surface area contributed by atoms with Crippen LogP contribution in [0, 0.1) is 11.6 Å². The number of nitrogens with one attached hydrogen (secondary N) is 3. The van der Waals surface area contributed by atoms with E-state index in [0.29, 0.717) is 81.8 Å². The molecule has 38 heavy (non-hydrogen) atoms. The topological polar surface area (TPSA) is 100 Å². The van der Waals surface area contributed by atoms with Crippen LogP contribution in [0.15, 0.2) is 24.7 Å². The zero-order valence-electron chi connectivity index (χ0n) is 22.7. The number of halogens is 2. The molecule has 1 amide bonds. The van der Waals surface area contributed by atoms with Crippen LogP contribution in [0.5, 0.6) is 0 Å². The number of aryl methyl sites for hydroxylation is 1. The zero-order valence-corrected chi connectivity index (χ0v) is 22.7. The predicted molar refractivity (Wildman–Crippen MR) is 142 cm³/mol. The lowest BCUT2D eigenvalue weighted by atomic mass is 9.87. The van der Waals surface area contributed by atoms with Crippen molar-refractivity contribution in [1.29, 1.82) is 0 Å². The molecule has 10 heteroatoms. The fourth-order valence-electron chi connectivity index (χ4n) is 5.34. The van der Waals surface area contributed by atoms with E-state index in [1.807, 2.05) is 17.7 Å². The number of hydrogen-bond donors (Lipinski definition) is 4. The van der Waals surface area contributed by atoms with Crippen LogP contribution in [0.4, 0.5) is 14.6 Å². The third kappa shape index (κ3) is 7.16. The van der Waals surface area contributed by atoms with E-state index in [2.05, 4.69) is 34.8 Å². The molecule has 1 aliphatic heterocycles. The summed E-state index contributed by atoms with van der Waals surface area (Å²) in [4.78, 5) is 17.6. The minimum atomic E-state index is -0.744. The smallest absolute Gasteiger partial charge is 0.242 e. The van der Waals surface area contributed by atoms with Crippen molar-refractivity contribution in [3.05, 3.63) is 47.4 Å². The molecule has 0 saturated carbocycles. The minimum absolute atomic E-state index is 0.0714. The van der Waals surface area contributed by atoms with Crippen LogP contribution in [0.1, 0.15) is 64.0 Å². The number of hydrogen-bond acceptors (Lipinski definition) is 6. The number of aromatic nitrogens is 2. The quantitative estimate of drug-likeness (QED) is 0.354. The highest BCUT2D eigenvalue weighted by atomic mass is 19.1. The maximum atomic E-state index is 14.3. The molecule has 8 nitrogen and oxygen atoms in total. The lowest BCUT2D eigenvalue weighted by molar-refractivity contribution is -0.118. The van der Waals surface area contributed by atoms with E-state index in [4.69, 9.17) is 4.74 Å². The van der Waals surface area contributed by atoms with Gasteiger partial charge in [0.2, 0.25) is 5.91 Å². The van der Waals surface area contributed by atoms with Crippen molar-refractivity contribution in [2.45, 2.75) is 88.9 Å². The molecule has 0 spiro atoms. The second-order valence-electron chi connectivity index (χ2n) is 11.4. The third-order valence-corrected chi connectivity index (χ3v) is 7.76. The Morgan fingerprint density at radius 3 is 2.82 bits per heavy atom. The summed E-state index contributed by atoms with van der Waals surface area (Å²) >= 11 is 0. The summed E-state index contributed by atoms with van der Waals surface area (Å²) in [6, 6.07) is 1.82. The number of ether oxygens (including phenoxy) is 1. The van der Waals surface area contributed by atoms with Crippen molar-refractivity contribution in [3.63, 3.8) is 0 Å². The second-order valence-corrected chi connectivity index (χ2v) is 11.4. The number of amides is 1. The van der Waals surface area contributed by atoms with Gasteiger partial charge in [0.05, 0.1) is 23.5 Å². The van der Waals surface area contributed by atoms with E-state index in [1.165, 1.54) is 6.07 Å². The van der Waals surface area contributed by atoms with Crippen LogP contribution in [0.25, 0.3) is 0 Å². The van der Waals surface area contributed by atoms with Gasteiger partial charge in [0.1, 0.15) is 11.6 Å². The summed E-state index contributed by atoms with van der Waals surface area (Å²) in [5, 5.41) is 20.4. The number of benzene rings is 1. The number of imidazole rings is 1. The molecule has 1 aromatic carbocycles. The number of aliphatic hydroxyl groups is 1. The maximum Gasteiger partial charge on any atom is 0.242 e. The van der Waals surface area contributed by atoms with Crippen LogP contribution in [0.2, 0.25) is 0 Å². The SMILES string of the molecule is CCC[C@H](NC1CCc2cc(F)cc(F)c2C1)C(=O)Nc1cn(C(C)(C)CNCC2(O)CCOCC2)cn1. The molecule has 210 valence electrons. The van der Waals surface area contributed by atoms with E-state index in [-0.39, 0.29) is 17.5 Å². The number of anilines is 1. The number of carbonyl (C=O) groups excluding carboxylic acids is 1. The highest BCUT2D eigenvalue weighted by molar-refractivity contribution is 5.94. The first kappa shape index (κ1) is 28.6. The molecule has 2 aromatic rings. The Morgan fingerprint density at radius 2 is 2.08 bits per heavy atom. The lowest BCUT2D eigenvalue weighted by Crippen LogP contribution is -2.48. The normalized spacial score (nSPS) is 20.1. The maximum absolute atomic E-state index is 14.3. The van der Waals surface area contributed by atoms with Crippen LogP contribution >= 0.6 is 0 Å². The fourth-order valence-corrected chi connectivity index (χ4v) is 5.34. The Balaban J connectivity index is 1.32. The molecule has 4 rings (SSSR count). The molecular weight excluding hydrogens is 492 g/mol. The minimum Gasteiger partial charge on any atom is -0.388 e. The summed E-state index contributed by atoms with van der Waals surface area (Å²) in [6.45, 7) is 8.40. The average Bonchev–Trinajstić information content (AvgIpc) is 3.34. The van der Waals surface area contributed by atoms with Gasteiger partial charge in [0, 0.05) is 57.4 Å². The Kier molecular flexibility index (Phi) is 9.18. The van der Waals surface area contributed by atoms with Crippen molar-refractivity contribution >= 4 is 11.7 Å². The molecule has 4 N–H and O–H groups in total. The zero-order chi connectivity index (χ0) is 27.3. The number of carbonyl (C=O) groups is 1. The molecule has 2 aliphatic rings. The summed E-state index contributed by atoms with van der Waals surface area (Å²) < 4.78 is 35.2. The summed E-state index contributed by atoms with van der Waals surface area (Å²) in [7, 11) is 0. The van der Waals surface area contributed by atoms with Crippen molar-refractivity contribution in [3.8, 4) is 0 Å². The van der Waals surface area contributed by atoms with Gasteiger partial charge in [-0.3, -0.25) is 4.79 Å². The first-order valence-corrected chi connectivity index (χ1v) is 13.7. The molecular formula is C28H41F2N5O3. The molecule has 2 atom stereocenters. The van der Waals surface area contributed by atoms with Gasteiger partial charge in [0.25, 0.3) is 0 Å². The van der Waals surface area contributed by atoms with Crippen molar-refractivity contribution in [2.24, 2.45) is 0 Å². The number of fused-ring (bicyclic) bond motifs is 1. The van der Waals surface area contributed by atoms with E-state index >= 15 is 0 Å². The molecule has 1 aliphatic carbocycles. The van der Waals surface area contributed by atoms with E-state index in [0.717, 1.165) is 12.5 Å². The Bertz CT molecular complexity index is 1100. The van der Waals surface area contributed by atoms with E-state index < -0.39 is 23.3 Å². The van der Waals surface area contributed by atoms with Gasteiger partial charge in [-0.2, -0.15) is 0 Å². The molecule has 0 bridgehead atoms. The average molecular weight is 534 g/mol. The summed E-state index contributed by atoms with van der Waals surface area (Å²) in [5.74, 6) is -0.789.